The van der Waals surface area contributed by atoms with E-state index in [-0.39, 0.29) is 17.8 Å². The van der Waals surface area contributed by atoms with E-state index in [9.17, 15) is 9.18 Å². The number of nitrogens with zero attached hydrogens (tertiary/aromatic N) is 3. The van der Waals surface area contributed by atoms with Crippen molar-refractivity contribution in [2.75, 3.05) is 32.0 Å². The number of rotatable bonds is 7. The molecular weight excluding hydrogens is 339 g/mol. The first kappa shape index (κ1) is 18.0. The van der Waals surface area contributed by atoms with Crippen molar-refractivity contribution in [3.63, 3.8) is 0 Å². The topological polar surface area (TPSA) is 48.5 Å². The lowest BCUT2D eigenvalue weighted by molar-refractivity contribution is -0.120. The fourth-order valence-corrected chi connectivity index (χ4v) is 3.68. The summed E-state index contributed by atoms with van der Waals surface area (Å²) in [6.07, 6.45) is 3.62. The molecule has 1 aliphatic rings. The van der Waals surface area contributed by atoms with Gasteiger partial charge in [-0.05, 0) is 44.1 Å². The van der Waals surface area contributed by atoms with Gasteiger partial charge in [0.2, 0.25) is 5.91 Å². The molecule has 5 nitrogen and oxygen atoms in total. The summed E-state index contributed by atoms with van der Waals surface area (Å²) in [6, 6.07) is 6.52. The van der Waals surface area contributed by atoms with Crippen LogP contribution in [0, 0.1) is 5.82 Å². The lowest BCUT2D eigenvalue weighted by Crippen LogP contribution is -2.42. The van der Waals surface area contributed by atoms with Gasteiger partial charge in [-0.3, -0.25) is 9.69 Å². The van der Waals surface area contributed by atoms with E-state index in [0.29, 0.717) is 5.13 Å². The number of benzene rings is 1. The number of likely N-dealkylation sites (tertiary alicyclic amines) is 1. The number of likely N-dealkylation sites (N-methyl/N-ethyl adjacent to an activating group) is 1. The normalized spacial score (nSPS) is 18.0. The first-order valence-corrected chi connectivity index (χ1v) is 9.37. The van der Waals surface area contributed by atoms with Gasteiger partial charge in [-0.25, -0.2) is 9.37 Å². The minimum absolute atomic E-state index is 0.0358. The molecule has 1 saturated heterocycles. The van der Waals surface area contributed by atoms with Crippen molar-refractivity contribution in [1.82, 2.24) is 14.8 Å². The van der Waals surface area contributed by atoms with E-state index >= 15 is 0 Å². The molecule has 1 amide bonds. The third kappa shape index (κ3) is 5.07. The van der Waals surface area contributed by atoms with Gasteiger partial charge in [-0.15, -0.1) is 11.3 Å². The largest absolute Gasteiger partial charge is 0.301 e. The standard InChI is InChI=1S/C18H23FN4OS/c1-22(13-14-4-6-15(19)7-5-14)10-11-23-9-2-3-16(23)17(24)21-18-20-8-12-25-18/h4-8,12,16H,2-3,9-11,13H2,1H3,(H,20,21,24)/t16-/m1/s1. The molecule has 25 heavy (non-hydrogen) atoms. The highest BCUT2D eigenvalue weighted by atomic mass is 32.1. The Morgan fingerprint density at radius 1 is 1.44 bits per heavy atom. The number of aromatic nitrogens is 1. The van der Waals surface area contributed by atoms with Crippen molar-refractivity contribution in [2.45, 2.75) is 25.4 Å². The summed E-state index contributed by atoms with van der Waals surface area (Å²) in [6.45, 7) is 3.41. The summed E-state index contributed by atoms with van der Waals surface area (Å²) in [7, 11) is 2.05. The summed E-state index contributed by atoms with van der Waals surface area (Å²) in [5.74, 6) is -0.175. The molecule has 1 aliphatic heterocycles. The van der Waals surface area contributed by atoms with E-state index in [1.54, 1.807) is 6.20 Å². The molecule has 2 heterocycles. The SMILES string of the molecule is CN(CCN1CCC[C@@H]1C(=O)Nc1nccs1)Cc1ccc(F)cc1. The molecule has 134 valence electrons. The first-order chi connectivity index (χ1) is 12.1. The highest BCUT2D eigenvalue weighted by Gasteiger charge is 2.30. The molecule has 0 spiro atoms. The summed E-state index contributed by atoms with van der Waals surface area (Å²) < 4.78 is 13.0. The van der Waals surface area contributed by atoms with Crippen LogP contribution in [0.1, 0.15) is 18.4 Å². The monoisotopic (exact) mass is 362 g/mol. The van der Waals surface area contributed by atoms with Gasteiger partial charge in [0.05, 0.1) is 6.04 Å². The van der Waals surface area contributed by atoms with E-state index in [0.717, 1.165) is 44.6 Å². The van der Waals surface area contributed by atoms with Crippen LogP contribution in [0.2, 0.25) is 0 Å². The zero-order valence-corrected chi connectivity index (χ0v) is 15.1. The van der Waals surface area contributed by atoms with Crippen molar-refractivity contribution in [3.8, 4) is 0 Å². The third-order valence-electron chi connectivity index (χ3n) is 4.46. The van der Waals surface area contributed by atoms with Gasteiger partial charge >= 0.3 is 0 Å². The van der Waals surface area contributed by atoms with Gasteiger partial charge in [0.25, 0.3) is 0 Å². The second kappa shape index (κ2) is 8.51. The van der Waals surface area contributed by atoms with Crippen molar-refractivity contribution in [1.29, 1.82) is 0 Å². The average Bonchev–Trinajstić information content (AvgIpc) is 3.26. The minimum Gasteiger partial charge on any atom is -0.301 e. The van der Waals surface area contributed by atoms with Crippen molar-refractivity contribution in [2.24, 2.45) is 0 Å². The summed E-state index contributed by atoms with van der Waals surface area (Å²) in [5, 5.41) is 5.42. The van der Waals surface area contributed by atoms with Crippen LogP contribution in [0.3, 0.4) is 0 Å². The lowest BCUT2D eigenvalue weighted by atomic mass is 10.2. The second-order valence-electron chi connectivity index (χ2n) is 6.38. The molecular formula is C18H23FN4OS. The van der Waals surface area contributed by atoms with Gasteiger partial charge < -0.3 is 10.2 Å². The summed E-state index contributed by atoms with van der Waals surface area (Å²) >= 11 is 1.44. The van der Waals surface area contributed by atoms with Crippen LogP contribution >= 0.6 is 11.3 Å². The number of hydrogen-bond donors (Lipinski definition) is 1. The Balaban J connectivity index is 1.47. The summed E-state index contributed by atoms with van der Waals surface area (Å²) in [4.78, 5) is 21.0. The number of hydrogen-bond acceptors (Lipinski definition) is 5. The summed E-state index contributed by atoms with van der Waals surface area (Å²) in [5.41, 5.74) is 1.09. The molecule has 0 unspecified atom stereocenters. The second-order valence-corrected chi connectivity index (χ2v) is 7.28. The quantitative estimate of drug-likeness (QED) is 0.823. The fourth-order valence-electron chi connectivity index (χ4n) is 3.14. The number of carbonyl (C=O) groups excluding carboxylic acids is 1. The lowest BCUT2D eigenvalue weighted by Gasteiger charge is -2.26. The smallest absolute Gasteiger partial charge is 0.243 e. The van der Waals surface area contributed by atoms with Crippen LogP contribution in [0.4, 0.5) is 9.52 Å². The van der Waals surface area contributed by atoms with Crippen LogP contribution in [-0.4, -0.2) is 53.4 Å². The zero-order chi connectivity index (χ0) is 17.6. The van der Waals surface area contributed by atoms with Gasteiger partial charge in [-0.1, -0.05) is 12.1 Å². The Kier molecular flexibility index (Phi) is 6.12. The minimum atomic E-state index is -0.211. The number of thiazole rings is 1. The molecule has 1 atom stereocenters. The van der Waals surface area contributed by atoms with Crippen LogP contribution in [0.5, 0.6) is 0 Å². The molecule has 2 aromatic rings. The number of anilines is 1. The molecule has 1 fully saturated rings. The molecule has 0 aliphatic carbocycles. The maximum Gasteiger partial charge on any atom is 0.243 e. The molecule has 0 saturated carbocycles. The van der Waals surface area contributed by atoms with Gasteiger partial charge in [0.15, 0.2) is 5.13 Å². The van der Waals surface area contributed by atoms with Crippen molar-refractivity contribution >= 4 is 22.4 Å². The number of amides is 1. The molecule has 7 heteroatoms. The van der Waals surface area contributed by atoms with E-state index < -0.39 is 0 Å². The Morgan fingerprint density at radius 3 is 2.96 bits per heavy atom. The van der Waals surface area contributed by atoms with E-state index in [2.05, 4.69) is 20.1 Å². The van der Waals surface area contributed by atoms with Crippen LogP contribution in [-0.2, 0) is 11.3 Å². The predicted octanol–water partition coefficient (Wildman–Crippen LogP) is 2.82. The highest BCUT2D eigenvalue weighted by molar-refractivity contribution is 7.13. The molecule has 1 aromatic carbocycles. The van der Waals surface area contributed by atoms with Gasteiger partial charge in [0.1, 0.15) is 5.82 Å². The zero-order valence-electron chi connectivity index (χ0n) is 14.3. The Bertz CT molecular complexity index is 677. The highest BCUT2D eigenvalue weighted by Crippen LogP contribution is 2.20. The maximum atomic E-state index is 13.0. The van der Waals surface area contributed by atoms with E-state index in [4.69, 9.17) is 0 Å². The average molecular weight is 362 g/mol. The number of halogens is 1. The molecule has 3 rings (SSSR count). The van der Waals surface area contributed by atoms with Crippen LogP contribution < -0.4 is 5.32 Å². The van der Waals surface area contributed by atoms with Crippen molar-refractivity contribution in [3.05, 3.63) is 47.2 Å². The van der Waals surface area contributed by atoms with Gasteiger partial charge in [-0.2, -0.15) is 0 Å². The van der Waals surface area contributed by atoms with Crippen LogP contribution in [0.25, 0.3) is 0 Å². The molecule has 0 radical (unpaired) electrons. The first-order valence-electron chi connectivity index (χ1n) is 8.49. The number of carbonyl (C=O) groups is 1. The maximum absolute atomic E-state index is 13.0. The van der Waals surface area contributed by atoms with E-state index in [1.807, 2.05) is 24.6 Å². The van der Waals surface area contributed by atoms with Gasteiger partial charge in [0, 0.05) is 31.2 Å². The van der Waals surface area contributed by atoms with Crippen LogP contribution in [0.15, 0.2) is 35.8 Å². The predicted molar refractivity (Wildman–Crippen MR) is 98.1 cm³/mol. The fraction of sp³-hybridized carbons (Fsp3) is 0.444. The molecule has 0 bridgehead atoms. The number of nitrogens with one attached hydrogen (secondary N) is 1. The Labute approximate surface area is 151 Å². The van der Waals surface area contributed by atoms with E-state index in [1.165, 1.54) is 23.5 Å². The molecule has 1 aromatic heterocycles. The molecule has 1 N–H and O–H groups in total. The Hall–Kier alpha value is -1.83. The third-order valence-corrected chi connectivity index (χ3v) is 5.15. The van der Waals surface area contributed by atoms with Crippen molar-refractivity contribution < 1.29 is 9.18 Å². The Morgan fingerprint density at radius 2 is 2.24 bits per heavy atom.